The predicted molar refractivity (Wildman–Crippen MR) is 53.4 cm³/mol. The molecule has 3 heteroatoms. The zero-order valence-electron chi connectivity index (χ0n) is 7.25. The predicted octanol–water partition coefficient (Wildman–Crippen LogP) is 2.34. The molecule has 0 saturated heterocycles. The molecule has 0 heterocycles. The molecule has 0 amide bonds. The molecule has 0 radical (unpaired) electrons. The van der Waals surface area contributed by atoms with Crippen molar-refractivity contribution in [2.45, 2.75) is 6.04 Å². The van der Waals surface area contributed by atoms with Crippen molar-refractivity contribution in [2.24, 2.45) is 5.73 Å². The first kappa shape index (κ1) is 8.60. The van der Waals surface area contributed by atoms with Gasteiger partial charge in [-0.25, -0.2) is 0 Å². The summed E-state index contributed by atoms with van der Waals surface area (Å²) in [6.45, 7) is 0. The maximum Gasteiger partial charge on any atom is 0.117 e. The summed E-state index contributed by atoms with van der Waals surface area (Å²) in [6, 6.07) is 5.53. The molecule has 1 aromatic carbocycles. The third kappa shape index (κ3) is 1.32. The van der Waals surface area contributed by atoms with Crippen molar-refractivity contribution in [3.63, 3.8) is 0 Å². The summed E-state index contributed by atoms with van der Waals surface area (Å²) in [7, 11) is 1.62. The quantitative estimate of drug-likeness (QED) is 0.747. The smallest absolute Gasteiger partial charge is 0.117 e. The van der Waals surface area contributed by atoms with Crippen LogP contribution in [0.15, 0.2) is 24.0 Å². The van der Waals surface area contributed by atoms with Gasteiger partial charge in [0.2, 0.25) is 0 Å². The van der Waals surface area contributed by atoms with E-state index in [1.165, 1.54) is 0 Å². The number of rotatable bonds is 1. The Morgan fingerprint density at radius 3 is 2.92 bits per heavy atom. The van der Waals surface area contributed by atoms with Crippen LogP contribution in [0, 0.1) is 0 Å². The van der Waals surface area contributed by atoms with Crippen LogP contribution >= 0.6 is 11.6 Å². The number of halogens is 1. The molecule has 1 unspecified atom stereocenters. The van der Waals surface area contributed by atoms with E-state index < -0.39 is 0 Å². The highest BCUT2D eigenvalue weighted by Gasteiger charge is 2.22. The minimum absolute atomic E-state index is 0.141. The van der Waals surface area contributed by atoms with Gasteiger partial charge in [0, 0.05) is 5.02 Å². The minimum atomic E-state index is -0.141. The van der Waals surface area contributed by atoms with Crippen LogP contribution in [0.4, 0.5) is 0 Å². The number of hydrogen-bond donors (Lipinski definition) is 1. The Morgan fingerprint density at radius 2 is 2.23 bits per heavy atom. The molecule has 1 aliphatic rings. The summed E-state index contributed by atoms with van der Waals surface area (Å²) >= 11 is 5.85. The number of nitrogens with two attached hydrogens (primary N) is 1. The molecule has 2 N–H and O–H groups in total. The van der Waals surface area contributed by atoms with Gasteiger partial charge < -0.3 is 10.5 Å². The van der Waals surface area contributed by atoms with Crippen LogP contribution in [0.2, 0.25) is 5.02 Å². The van der Waals surface area contributed by atoms with Gasteiger partial charge in [-0.15, -0.1) is 0 Å². The summed E-state index contributed by atoms with van der Waals surface area (Å²) < 4.78 is 5.14. The normalized spacial score (nSPS) is 19.6. The molecule has 13 heavy (non-hydrogen) atoms. The van der Waals surface area contributed by atoms with Crippen molar-refractivity contribution in [1.82, 2.24) is 0 Å². The van der Waals surface area contributed by atoms with Crippen molar-refractivity contribution >= 4 is 17.7 Å². The molecule has 2 rings (SSSR count). The van der Waals surface area contributed by atoms with E-state index in [4.69, 9.17) is 22.1 Å². The highest BCUT2D eigenvalue weighted by atomic mass is 35.5. The number of methoxy groups -OCH3 is 1. The van der Waals surface area contributed by atoms with E-state index in [-0.39, 0.29) is 6.04 Å². The van der Waals surface area contributed by atoms with Gasteiger partial charge in [-0.05, 0) is 29.3 Å². The molecular weight excluding hydrogens is 186 g/mol. The molecule has 68 valence electrons. The van der Waals surface area contributed by atoms with Crippen molar-refractivity contribution in [3.05, 3.63) is 40.1 Å². The van der Waals surface area contributed by atoms with E-state index in [0.717, 1.165) is 21.9 Å². The van der Waals surface area contributed by atoms with Crippen LogP contribution < -0.4 is 5.73 Å². The van der Waals surface area contributed by atoms with Gasteiger partial charge in [-0.3, -0.25) is 0 Å². The monoisotopic (exact) mass is 195 g/mol. The lowest BCUT2D eigenvalue weighted by atomic mass is 10.1. The fraction of sp³-hybridized carbons (Fsp3) is 0.200. The maximum absolute atomic E-state index is 5.91. The lowest BCUT2D eigenvalue weighted by Gasteiger charge is -2.09. The van der Waals surface area contributed by atoms with E-state index in [0.29, 0.717) is 0 Å². The summed E-state index contributed by atoms with van der Waals surface area (Å²) in [5.74, 6) is 0.789. The molecule has 0 saturated carbocycles. The second-order valence-electron chi connectivity index (χ2n) is 3.00. The number of benzene rings is 1. The Bertz CT molecular complexity index is 373. The van der Waals surface area contributed by atoms with E-state index in [1.807, 2.05) is 24.3 Å². The minimum Gasteiger partial charge on any atom is -0.499 e. The first-order chi connectivity index (χ1) is 6.22. The molecule has 0 bridgehead atoms. The number of hydrogen-bond acceptors (Lipinski definition) is 2. The largest absolute Gasteiger partial charge is 0.499 e. The molecule has 0 spiro atoms. The first-order valence-electron chi connectivity index (χ1n) is 4.03. The Hall–Kier alpha value is -0.990. The van der Waals surface area contributed by atoms with Gasteiger partial charge >= 0.3 is 0 Å². The van der Waals surface area contributed by atoms with Gasteiger partial charge in [-0.1, -0.05) is 17.7 Å². The molecule has 1 aliphatic carbocycles. The molecule has 2 nitrogen and oxygen atoms in total. The first-order valence-corrected chi connectivity index (χ1v) is 4.41. The van der Waals surface area contributed by atoms with Crippen molar-refractivity contribution in [1.29, 1.82) is 0 Å². The summed E-state index contributed by atoms with van der Waals surface area (Å²) in [5, 5.41) is 0.722. The van der Waals surface area contributed by atoms with E-state index in [9.17, 15) is 0 Å². The van der Waals surface area contributed by atoms with Crippen molar-refractivity contribution in [2.75, 3.05) is 7.11 Å². The van der Waals surface area contributed by atoms with Crippen LogP contribution in [0.3, 0.4) is 0 Å². The second-order valence-corrected chi connectivity index (χ2v) is 3.44. The second kappa shape index (κ2) is 3.05. The number of fused-ring (bicyclic) bond motifs is 1. The SMILES string of the molecule is COC1=Cc2cc(Cl)ccc2C1N. The third-order valence-electron chi connectivity index (χ3n) is 2.22. The Morgan fingerprint density at radius 1 is 1.46 bits per heavy atom. The number of ether oxygens (including phenoxy) is 1. The third-order valence-corrected chi connectivity index (χ3v) is 2.46. The topological polar surface area (TPSA) is 35.2 Å². The standard InChI is InChI=1S/C10H10ClNO/c1-13-9-5-6-4-7(11)2-3-8(6)10(9)12/h2-5,10H,12H2,1H3. The molecule has 1 aromatic rings. The van der Waals surface area contributed by atoms with Gasteiger partial charge in [0.15, 0.2) is 0 Å². The van der Waals surface area contributed by atoms with Gasteiger partial charge in [0.05, 0.1) is 13.2 Å². The zero-order valence-corrected chi connectivity index (χ0v) is 8.01. The van der Waals surface area contributed by atoms with Crippen LogP contribution in [-0.4, -0.2) is 7.11 Å². The van der Waals surface area contributed by atoms with Crippen LogP contribution in [0.25, 0.3) is 6.08 Å². The van der Waals surface area contributed by atoms with Crippen molar-refractivity contribution < 1.29 is 4.74 Å². The molecule has 0 aromatic heterocycles. The molecule has 1 atom stereocenters. The highest BCUT2D eigenvalue weighted by Crippen LogP contribution is 2.33. The average Bonchev–Trinajstić information content (AvgIpc) is 2.42. The Balaban J connectivity index is 2.49. The molecular formula is C10H10ClNO. The summed E-state index contributed by atoms with van der Waals surface area (Å²) in [6.07, 6.45) is 1.92. The molecule has 0 fully saturated rings. The van der Waals surface area contributed by atoms with Crippen LogP contribution in [-0.2, 0) is 4.74 Å². The molecule has 0 aliphatic heterocycles. The maximum atomic E-state index is 5.91. The Kier molecular flexibility index (Phi) is 2.02. The average molecular weight is 196 g/mol. The van der Waals surface area contributed by atoms with Crippen LogP contribution in [0.5, 0.6) is 0 Å². The van der Waals surface area contributed by atoms with E-state index >= 15 is 0 Å². The lowest BCUT2D eigenvalue weighted by molar-refractivity contribution is 0.272. The Labute approximate surface area is 82.0 Å². The van der Waals surface area contributed by atoms with Crippen molar-refractivity contribution in [3.8, 4) is 0 Å². The highest BCUT2D eigenvalue weighted by molar-refractivity contribution is 6.30. The summed E-state index contributed by atoms with van der Waals surface area (Å²) in [4.78, 5) is 0. The fourth-order valence-electron chi connectivity index (χ4n) is 1.54. The van der Waals surface area contributed by atoms with Gasteiger partial charge in [-0.2, -0.15) is 0 Å². The lowest BCUT2D eigenvalue weighted by Crippen LogP contribution is -2.10. The van der Waals surface area contributed by atoms with E-state index in [2.05, 4.69) is 0 Å². The zero-order chi connectivity index (χ0) is 9.42. The van der Waals surface area contributed by atoms with Crippen LogP contribution in [0.1, 0.15) is 17.2 Å². The van der Waals surface area contributed by atoms with Gasteiger partial charge in [0.1, 0.15) is 5.76 Å². The summed E-state index contributed by atoms with van der Waals surface area (Å²) in [5.41, 5.74) is 8.04. The van der Waals surface area contributed by atoms with Gasteiger partial charge in [0.25, 0.3) is 0 Å². The van der Waals surface area contributed by atoms with E-state index in [1.54, 1.807) is 7.11 Å². The fourth-order valence-corrected chi connectivity index (χ4v) is 1.72.